The van der Waals surface area contributed by atoms with Gasteiger partial charge in [0.05, 0.1) is 18.7 Å². The van der Waals surface area contributed by atoms with E-state index < -0.39 is 51.7 Å². The zero-order valence-electron chi connectivity index (χ0n) is 30.1. The second kappa shape index (κ2) is 15.7. The highest BCUT2D eigenvalue weighted by atomic mass is 32.2. The van der Waals surface area contributed by atoms with E-state index in [2.05, 4.69) is 45.7 Å². The Morgan fingerprint density at radius 1 is 0.944 bits per heavy atom. The fraction of sp³-hybridized carbons (Fsp3) is 0.447. The van der Waals surface area contributed by atoms with Crippen molar-refractivity contribution in [3.8, 4) is 11.1 Å². The number of aromatic amines is 1. The van der Waals surface area contributed by atoms with Crippen molar-refractivity contribution in [1.29, 1.82) is 0 Å². The van der Waals surface area contributed by atoms with Gasteiger partial charge in [0.2, 0.25) is 16.7 Å². The zero-order chi connectivity index (χ0) is 38.3. The number of halogens is 3. The molecular formula is C38H44F3N7O5S. The molecule has 16 heteroatoms. The van der Waals surface area contributed by atoms with Gasteiger partial charge in [0.1, 0.15) is 23.3 Å². The van der Waals surface area contributed by atoms with E-state index in [9.17, 15) is 22.4 Å². The SMILES string of the molecule is C[C@@H]1CN(CC2CCN(CC(=O)O)CC2)C[C@H](C)N1c1ccc(-c2cnc3[nH]cc(C(=O)c4c(F)ccc(N(N5CC[C@@H](F)C5)[SH](=O)=O)c4F)c3c2)cc1. The molecule has 2 aromatic heterocycles. The highest BCUT2D eigenvalue weighted by Gasteiger charge is 2.34. The number of ketones is 1. The normalized spacial score (nSPS) is 22.0. The lowest BCUT2D eigenvalue weighted by atomic mass is 9.95. The molecule has 0 unspecified atom stereocenters. The third-order valence-electron chi connectivity index (χ3n) is 10.9. The highest BCUT2D eigenvalue weighted by Crippen LogP contribution is 2.34. The molecule has 12 nitrogen and oxygen atoms in total. The number of aromatic nitrogens is 2. The number of anilines is 2. The van der Waals surface area contributed by atoms with Gasteiger partial charge < -0.3 is 15.0 Å². The van der Waals surface area contributed by atoms with Crippen LogP contribution in [0.25, 0.3) is 22.2 Å². The summed E-state index contributed by atoms with van der Waals surface area (Å²) in [5.41, 5.74) is 1.38. The van der Waals surface area contributed by atoms with Crippen LogP contribution in [0.4, 0.5) is 24.5 Å². The van der Waals surface area contributed by atoms with Crippen molar-refractivity contribution in [2.24, 2.45) is 5.92 Å². The first-order chi connectivity index (χ1) is 25.9. The van der Waals surface area contributed by atoms with Crippen LogP contribution in [0.3, 0.4) is 0 Å². The van der Waals surface area contributed by atoms with E-state index >= 15 is 8.78 Å². The van der Waals surface area contributed by atoms with Gasteiger partial charge in [0.15, 0.2) is 5.82 Å². The molecule has 0 radical (unpaired) electrons. The van der Waals surface area contributed by atoms with Gasteiger partial charge in [-0.1, -0.05) is 12.1 Å². The Kier molecular flexibility index (Phi) is 11.0. The van der Waals surface area contributed by atoms with Crippen LogP contribution in [0.5, 0.6) is 0 Å². The molecule has 54 heavy (non-hydrogen) atoms. The number of rotatable bonds is 11. The van der Waals surface area contributed by atoms with Gasteiger partial charge in [-0.25, -0.2) is 31.6 Å². The summed E-state index contributed by atoms with van der Waals surface area (Å²) < 4.78 is 70.0. The quantitative estimate of drug-likeness (QED) is 0.146. The average Bonchev–Trinajstić information content (AvgIpc) is 3.75. The number of alkyl halides is 1. The maximum atomic E-state index is 16.0. The van der Waals surface area contributed by atoms with Crippen molar-refractivity contribution < 1.29 is 36.3 Å². The molecule has 3 aliphatic heterocycles. The van der Waals surface area contributed by atoms with E-state index in [0.717, 1.165) is 74.0 Å². The number of carboxylic acids is 1. The lowest BCUT2D eigenvalue weighted by Gasteiger charge is -2.47. The summed E-state index contributed by atoms with van der Waals surface area (Å²) in [6, 6.07) is 12.1. The van der Waals surface area contributed by atoms with Gasteiger partial charge in [-0.2, -0.15) is 4.41 Å². The first kappa shape index (κ1) is 37.8. The predicted octanol–water partition coefficient (Wildman–Crippen LogP) is 4.73. The number of benzene rings is 2. The van der Waals surface area contributed by atoms with Crippen molar-refractivity contribution in [3.05, 3.63) is 77.6 Å². The minimum Gasteiger partial charge on any atom is -0.480 e. The minimum atomic E-state index is -3.47. The van der Waals surface area contributed by atoms with Crippen LogP contribution in [0.15, 0.2) is 54.9 Å². The molecule has 7 rings (SSSR count). The number of hydrogen-bond donors (Lipinski definition) is 3. The third-order valence-corrected chi connectivity index (χ3v) is 11.7. The molecule has 5 heterocycles. The Labute approximate surface area is 313 Å². The number of carbonyl (C=O) groups excluding carboxylic acids is 1. The van der Waals surface area contributed by atoms with Crippen molar-refractivity contribution in [2.45, 2.75) is 51.4 Å². The number of thiol groups is 1. The van der Waals surface area contributed by atoms with Gasteiger partial charge >= 0.3 is 5.97 Å². The molecular weight excluding hydrogens is 724 g/mol. The van der Waals surface area contributed by atoms with Gasteiger partial charge in [0, 0.05) is 72.9 Å². The first-order valence-electron chi connectivity index (χ1n) is 18.3. The monoisotopic (exact) mass is 767 g/mol. The summed E-state index contributed by atoms with van der Waals surface area (Å²) in [7, 11) is -3.47. The molecule has 0 spiro atoms. The number of nitrogens with zero attached hydrogens (tertiary/aromatic N) is 6. The molecule has 3 aliphatic rings. The van der Waals surface area contributed by atoms with E-state index in [-0.39, 0.29) is 43.7 Å². The molecule has 0 amide bonds. The van der Waals surface area contributed by atoms with Crippen molar-refractivity contribution in [1.82, 2.24) is 24.8 Å². The van der Waals surface area contributed by atoms with E-state index in [1.54, 1.807) is 12.3 Å². The number of hydrazine groups is 1. The van der Waals surface area contributed by atoms with Crippen LogP contribution >= 0.6 is 0 Å². The molecule has 3 fully saturated rings. The van der Waals surface area contributed by atoms with Crippen LogP contribution in [0.2, 0.25) is 0 Å². The molecule has 3 saturated heterocycles. The number of fused-ring (bicyclic) bond motifs is 1. The maximum Gasteiger partial charge on any atom is 0.317 e. The fourth-order valence-corrected chi connectivity index (χ4v) is 9.10. The summed E-state index contributed by atoms with van der Waals surface area (Å²) >= 11 is 0. The molecule has 288 valence electrons. The number of piperazine rings is 1. The van der Waals surface area contributed by atoms with Crippen LogP contribution in [0, 0.1) is 17.6 Å². The molecule has 0 aliphatic carbocycles. The van der Waals surface area contributed by atoms with Gasteiger partial charge in [-0.05, 0) is 88.0 Å². The molecule has 0 bridgehead atoms. The van der Waals surface area contributed by atoms with Crippen LogP contribution in [0.1, 0.15) is 49.0 Å². The smallest absolute Gasteiger partial charge is 0.317 e. The van der Waals surface area contributed by atoms with E-state index in [4.69, 9.17) is 5.11 Å². The fourth-order valence-electron chi connectivity index (χ4n) is 8.40. The maximum absolute atomic E-state index is 16.0. The van der Waals surface area contributed by atoms with E-state index in [0.29, 0.717) is 26.9 Å². The molecule has 4 aromatic rings. The van der Waals surface area contributed by atoms with Crippen molar-refractivity contribution in [3.63, 3.8) is 0 Å². The van der Waals surface area contributed by atoms with Crippen LogP contribution in [-0.2, 0) is 15.7 Å². The zero-order valence-corrected chi connectivity index (χ0v) is 31.0. The van der Waals surface area contributed by atoms with Gasteiger partial charge in [-0.15, -0.1) is 0 Å². The number of carboxylic acid groups (broad SMARTS) is 1. The Morgan fingerprint density at radius 3 is 2.28 bits per heavy atom. The Balaban J connectivity index is 1.07. The highest BCUT2D eigenvalue weighted by molar-refractivity contribution is 7.73. The summed E-state index contributed by atoms with van der Waals surface area (Å²) in [6.07, 6.45) is 3.73. The number of H-pyrrole nitrogens is 1. The van der Waals surface area contributed by atoms with Crippen molar-refractivity contribution in [2.75, 3.05) is 61.7 Å². The van der Waals surface area contributed by atoms with E-state index in [1.165, 1.54) is 6.20 Å². The summed E-state index contributed by atoms with van der Waals surface area (Å²) in [4.78, 5) is 39.2. The molecule has 2 N–H and O–H groups in total. The summed E-state index contributed by atoms with van der Waals surface area (Å²) in [5.74, 6) is -3.75. The lowest BCUT2D eigenvalue weighted by Crippen LogP contribution is -2.58. The Morgan fingerprint density at radius 2 is 1.65 bits per heavy atom. The summed E-state index contributed by atoms with van der Waals surface area (Å²) in [6.45, 7) is 8.75. The number of pyridine rings is 1. The number of hydrogen-bond acceptors (Lipinski definition) is 9. The number of nitrogens with one attached hydrogen (secondary N) is 1. The van der Waals surface area contributed by atoms with Crippen LogP contribution < -0.4 is 9.31 Å². The standard InChI is InChI=1S/C38H44F3N7O5S/c1-23-18-45(20-25-9-12-44(13-10-25)22-34(49)50)19-24(2)47(23)29-5-3-26(4-6-29)27-15-30-31(17-43-38(30)42-16-27)37(51)35-32(40)7-8-33(36(35)41)48(54(52)53)46-14-11-28(39)21-46/h3-8,15-17,23-25,28,54H,9-14,18-22H2,1-2H3,(H,42,43)(H,49,50)/t23-,24+,28-/m1/s1. The second-order valence-electron chi connectivity index (χ2n) is 14.7. The first-order valence-corrected chi connectivity index (χ1v) is 19.4. The largest absolute Gasteiger partial charge is 0.480 e. The van der Waals surface area contributed by atoms with Crippen LogP contribution in [-0.4, -0.2) is 121 Å². The lowest BCUT2D eigenvalue weighted by molar-refractivity contribution is -0.138. The van der Waals surface area contributed by atoms with Gasteiger partial charge in [-0.3, -0.25) is 19.4 Å². The number of carbonyl (C=O) groups is 2. The number of aliphatic carboxylic acids is 1. The number of piperidine rings is 1. The summed E-state index contributed by atoms with van der Waals surface area (Å²) in [5, 5.41) is 10.6. The second-order valence-corrected chi connectivity index (χ2v) is 15.6. The minimum absolute atomic E-state index is 0.0105. The third kappa shape index (κ3) is 7.70. The molecule has 3 atom stereocenters. The Bertz CT molecular complexity index is 2090. The Hall–Kier alpha value is -4.51. The topological polar surface area (TPSA) is 133 Å². The average molecular weight is 768 g/mol. The van der Waals surface area contributed by atoms with Crippen molar-refractivity contribution >= 4 is 45.1 Å². The molecule has 0 saturated carbocycles. The number of likely N-dealkylation sites (tertiary alicyclic amines) is 1. The predicted molar refractivity (Wildman–Crippen MR) is 200 cm³/mol. The van der Waals surface area contributed by atoms with Gasteiger partial charge in [0.25, 0.3) is 0 Å². The molecule has 2 aromatic carbocycles. The van der Waals surface area contributed by atoms with E-state index in [1.807, 2.05) is 17.0 Å².